The maximum absolute atomic E-state index is 10.5. The van der Waals surface area contributed by atoms with Crippen LogP contribution in [0.25, 0.3) is 0 Å². The van der Waals surface area contributed by atoms with Gasteiger partial charge in [-0.05, 0) is 0 Å². The molecule has 74 valence electrons. The van der Waals surface area contributed by atoms with Gasteiger partial charge < -0.3 is 10.6 Å². The zero-order chi connectivity index (χ0) is 9.68. The van der Waals surface area contributed by atoms with E-state index in [2.05, 4.69) is 22.5 Å². The Balaban J connectivity index is 2.03. The zero-order valence-electron chi connectivity index (χ0n) is 7.96. The Kier molecular flexibility index (Phi) is 4.08. The summed E-state index contributed by atoms with van der Waals surface area (Å²) in [5.41, 5.74) is 0. The van der Waals surface area contributed by atoms with E-state index in [1.807, 2.05) is 0 Å². The first-order chi connectivity index (χ1) is 6.18. The van der Waals surface area contributed by atoms with Crippen molar-refractivity contribution in [2.75, 3.05) is 19.6 Å². The van der Waals surface area contributed by atoms with Gasteiger partial charge in [0.25, 0.3) is 0 Å². The number of amidine groups is 1. The lowest BCUT2D eigenvalue weighted by molar-refractivity contribution is -0.118. The van der Waals surface area contributed by atoms with Crippen LogP contribution in [0.3, 0.4) is 0 Å². The molecule has 1 atom stereocenters. The van der Waals surface area contributed by atoms with Crippen molar-refractivity contribution >= 4 is 22.8 Å². The molecule has 4 nitrogen and oxygen atoms in total. The van der Waals surface area contributed by atoms with Crippen LogP contribution < -0.4 is 10.6 Å². The molecule has 1 heterocycles. The molecule has 0 aromatic heterocycles. The second kappa shape index (κ2) is 5.11. The fourth-order valence-electron chi connectivity index (χ4n) is 0.982. The number of hydrogen-bond acceptors (Lipinski definition) is 4. The quantitative estimate of drug-likeness (QED) is 0.642. The fourth-order valence-corrected chi connectivity index (χ4v) is 1.85. The van der Waals surface area contributed by atoms with Gasteiger partial charge in [-0.2, -0.15) is 0 Å². The number of carbonyl (C=O) groups is 1. The lowest BCUT2D eigenvalue weighted by Gasteiger charge is -2.05. The molecule has 1 aliphatic rings. The van der Waals surface area contributed by atoms with Crippen LogP contribution in [0, 0.1) is 0 Å². The number of thioether (sulfide) groups is 1. The summed E-state index contributed by atoms with van der Waals surface area (Å²) in [5.74, 6) is 0.0104. The SMILES string of the molecule is CC(=O)NCCNC1=NCC(C)S1. The van der Waals surface area contributed by atoms with Crippen LogP contribution in [0.15, 0.2) is 4.99 Å². The molecular weight excluding hydrogens is 186 g/mol. The number of nitrogens with zero attached hydrogens (tertiary/aromatic N) is 1. The largest absolute Gasteiger partial charge is 0.363 e. The number of nitrogens with one attached hydrogen (secondary N) is 2. The molecule has 1 aliphatic heterocycles. The van der Waals surface area contributed by atoms with E-state index < -0.39 is 0 Å². The lowest BCUT2D eigenvalue weighted by atomic mass is 10.5. The van der Waals surface area contributed by atoms with E-state index in [1.165, 1.54) is 6.92 Å². The standard InChI is InChI=1S/C8H15N3OS/c1-6-5-11-8(13-6)10-4-3-9-7(2)12/h6H,3-5H2,1-2H3,(H,9,12)(H,10,11). The summed E-state index contributed by atoms with van der Waals surface area (Å²) in [7, 11) is 0. The summed E-state index contributed by atoms with van der Waals surface area (Å²) >= 11 is 1.75. The van der Waals surface area contributed by atoms with Gasteiger partial charge in [0.1, 0.15) is 0 Å². The number of hydrogen-bond donors (Lipinski definition) is 2. The highest BCUT2D eigenvalue weighted by molar-refractivity contribution is 8.14. The third-order valence-electron chi connectivity index (χ3n) is 1.58. The van der Waals surface area contributed by atoms with Crippen LogP contribution in [0.1, 0.15) is 13.8 Å². The number of carbonyl (C=O) groups excluding carboxylic acids is 1. The molecule has 0 aromatic carbocycles. The highest BCUT2D eigenvalue weighted by Crippen LogP contribution is 2.17. The Labute approximate surface area is 82.6 Å². The molecule has 5 heteroatoms. The van der Waals surface area contributed by atoms with Crippen molar-refractivity contribution in [2.24, 2.45) is 4.99 Å². The molecule has 0 spiro atoms. The Morgan fingerprint density at radius 2 is 2.46 bits per heavy atom. The predicted octanol–water partition coefficient (Wildman–Crippen LogP) is 0.203. The normalized spacial score (nSPS) is 21.1. The number of rotatable bonds is 3. The van der Waals surface area contributed by atoms with Crippen LogP contribution in [0.5, 0.6) is 0 Å². The minimum Gasteiger partial charge on any atom is -0.363 e. The zero-order valence-corrected chi connectivity index (χ0v) is 8.78. The summed E-state index contributed by atoms with van der Waals surface area (Å²) in [6.07, 6.45) is 0. The van der Waals surface area contributed by atoms with E-state index in [1.54, 1.807) is 11.8 Å². The van der Waals surface area contributed by atoms with Gasteiger partial charge in [0, 0.05) is 25.3 Å². The summed E-state index contributed by atoms with van der Waals surface area (Å²) in [5, 5.41) is 7.46. The number of aliphatic imine (C=N–C) groups is 1. The van der Waals surface area contributed by atoms with E-state index in [-0.39, 0.29) is 5.91 Å². The first kappa shape index (κ1) is 10.4. The van der Waals surface area contributed by atoms with Crippen molar-refractivity contribution < 1.29 is 4.79 Å². The topological polar surface area (TPSA) is 53.5 Å². The third kappa shape index (κ3) is 4.17. The molecule has 1 unspecified atom stereocenters. The third-order valence-corrected chi connectivity index (χ3v) is 2.63. The van der Waals surface area contributed by atoms with Gasteiger partial charge in [0.05, 0.1) is 6.54 Å². The fraction of sp³-hybridized carbons (Fsp3) is 0.750. The first-order valence-electron chi connectivity index (χ1n) is 4.38. The van der Waals surface area contributed by atoms with Crippen molar-refractivity contribution in [3.63, 3.8) is 0 Å². The summed E-state index contributed by atoms with van der Waals surface area (Å²) in [6, 6.07) is 0. The van der Waals surface area contributed by atoms with Crippen LogP contribution in [-0.4, -0.2) is 36.0 Å². The van der Waals surface area contributed by atoms with Gasteiger partial charge in [-0.15, -0.1) is 0 Å². The van der Waals surface area contributed by atoms with Gasteiger partial charge in [-0.3, -0.25) is 9.79 Å². The minimum absolute atomic E-state index is 0.0104. The van der Waals surface area contributed by atoms with E-state index in [9.17, 15) is 4.79 Å². The van der Waals surface area contributed by atoms with Crippen molar-refractivity contribution in [2.45, 2.75) is 19.1 Å². The minimum atomic E-state index is 0.0104. The molecular formula is C8H15N3OS. The van der Waals surface area contributed by atoms with E-state index in [0.717, 1.165) is 18.3 Å². The first-order valence-corrected chi connectivity index (χ1v) is 5.26. The van der Waals surface area contributed by atoms with Crippen molar-refractivity contribution in [1.29, 1.82) is 0 Å². The monoisotopic (exact) mass is 201 g/mol. The highest BCUT2D eigenvalue weighted by Gasteiger charge is 2.13. The molecule has 0 saturated carbocycles. The Hall–Kier alpha value is -0.710. The summed E-state index contributed by atoms with van der Waals surface area (Å²) in [6.45, 7) is 5.97. The second-order valence-corrected chi connectivity index (χ2v) is 4.41. The molecule has 1 amide bonds. The Bertz CT molecular complexity index is 217. The van der Waals surface area contributed by atoms with Crippen molar-refractivity contribution in [1.82, 2.24) is 10.6 Å². The molecule has 0 radical (unpaired) electrons. The summed E-state index contributed by atoms with van der Waals surface area (Å²) in [4.78, 5) is 14.8. The molecule has 0 aliphatic carbocycles. The van der Waals surface area contributed by atoms with Crippen LogP contribution in [0.2, 0.25) is 0 Å². The van der Waals surface area contributed by atoms with Gasteiger partial charge in [-0.25, -0.2) is 0 Å². The molecule has 2 N–H and O–H groups in total. The van der Waals surface area contributed by atoms with Gasteiger partial charge in [0.2, 0.25) is 5.91 Å². The maximum Gasteiger partial charge on any atom is 0.216 e. The van der Waals surface area contributed by atoms with Crippen molar-refractivity contribution in [3.8, 4) is 0 Å². The highest BCUT2D eigenvalue weighted by atomic mass is 32.2. The molecule has 0 aromatic rings. The van der Waals surface area contributed by atoms with Gasteiger partial charge in [0.15, 0.2) is 5.17 Å². The van der Waals surface area contributed by atoms with Crippen LogP contribution in [-0.2, 0) is 4.79 Å². The van der Waals surface area contributed by atoms with Gasteiger partial charge >= 0.3 is 0 Å². The smallest absolute Gasteiger partial charge is 0.216 e. The molecule has 1 rings (SSSR count). The van der Waals surface area contributed by atoms with E-state index in [4.69, 9.17) is 0 Å². The van der Waals surface area contributed by atoms with Crippen LogP contribution >= 0.6 is 11.8 Å². The van der Waals surface area contributed by atoms with Crippen molar-refractivity contribution in [3.05, 3.63) is 0 Å². The molecule has 13 heavy (non-hydrogen) atoms. The predicted molar refractivity (Wildman–Crippen MR) is 56.0 cm³/mol. The molecule has 0 saturated heterocycles. The van der Waals surface area contributed by atoms with E-state index >= 15 is 0 Å². The maximum atomic E-state index is 10.5. The van der Waals surface area contributed by atoms with Gasteiger partial charge in [-0.1, -0.05) is 18.7 Å². The average Bonchev–Trinajstić information content (AvgIpc) is 2.45. The number of amides is 1. The van der Waals surface area contributed by atoms with E-state index in [0.29, 0.717) is 11.8 Å². The lowest BCUT2D eigenvalue weighted by Crippen LogP contribution is -2.32. The Morgan fingerprint density at radius 1 is 1.69 bits per heavy atom. The van der Waals surface area contributed by atoms with Crippen LogP contribution in [0.4, 0.5) is 0 Å². The Morgan fingerprint density at radius 3 is 3.00 bits per heavy atom. The second-order valence-electron chi connectivity index (χ2n) is 2.98. The molecule has 0 bridgehead atoms. The summed E-state index contributed by atoms with van der Waals surface area (Å²) < 4.78 is 0. The molecule has 0 fully saturated rings. The average molecular weight is 201 g/mol.